The number of ether oxygens (including phenoxy) is 5. The number of esters is 1. The van der Waals surface area contributed by atoms with Gasteiger partial charge in [-0.05, 0) is 0 Å². The smallest absolute Gasteiger partial charge is 0.337 e. The van der Waals surface area contributed by atoms with E-state index in [0.29, 0.717) is 0 Å². The van der Waals surface area contributed by atoms with Crippen LogP contribution in [0.15, 0.2) is 0 Å². The Balaban J connectivity index is 2.15. The molecule has 0 spiro atoms. The lowest BCUT2D eigenvalue weighted by Gasteiger charge is -2.43. The van der Waals surface area contributed by atoms with E-state index in [1.807, 2.05) is 0 Å². The van der Waals surface area contributed by atoms with Gasteiger partial charge in [0.05, 0.1) is 13.7 Å². The Morgan fingerprint density at radius 1 is 1.00 bits per heavy atom. The molecule has 2 aliphatic rings. The van der Waals surface area contributed by atoms with E-state index in [-0.39, 0.29) is 6.61 Å². The largest absolute Gasteiger partial charge is 0.467 e. The summed E-state index contributed by atoms with van der Waals surface area (Å²) in [6.45, 7) is -0.310. The lowest BCUT2D eigenvalue weighted by Crippen LogP contribution is -2.63. The molecule has 0 radical (unpaired) electrons. The average molecular weight is 354 g/mol. The highest BCUT2D eigenvalue weighted by molar-refractivity contribution is 5.75. The molecule has 2 saturated heterocycles. The molecule has 0 aliphatic carbocycles. The van der Waals surface area contributed by atoms with Crippen molar-refractivity contribution in [2.24, 2.45) is 0 Å². The van der Waals surface area contributed by atoms with Crippen molar-refractivity contribution in [3.63, 3.8) is 0 Å². The lowest BCUT2D eigenvalue weighted by atomic mass is 9.98. The Kier molecular flexibility index (Phi) is 6.47. The van der Waals surface area contributed by atoms with Crippen LogP contribution in [0.3, 0.4) is 0 Å². The Morgan fingerprint density at radius 3 is 2.25 bits per heavy atom. The fraction of sp³-hybridized carbons (Fsp3) is 0.923. The van der Waals surface area contributed by atoms with Crippen molar-refractivity contribution in [3.05, 3.63) is 0 Å². The summed E-state index contributed by atoms with van der Waals surface area (Å²) in [7, 11) is 2.31. The zero-order chi connectivity index (χ0) is 18.0. The van der Waals surface area contributed by atoms with Gasteiger partial charge in [0.15, 0.2) is 18.7 Å². The first-order valence-electron chi connectivity index (χ1n) is 7.25. The van der Waals surface area contributed by atoms with E-state index in [4.69, 9.17) is 18.9 Å². The highest BCUT2D eigenvalue weighted by atomic mass is 16.7. The van der Waals surface area contributed by atoms with Crippen LogP contribution in [0, 0.1) is 0 Å². The van der Waals surface area contributed by atoms with Crippen molar-refractivity contribution >= 4 is 5.97 Å². The normalized spacial score (nSPS) is 46.5. The van der Waals surface area contributed by atoms with Crippen LogP contribution in [0.5, 0.6) is 0 Å². The number of methoxy groups -OCH3 is 2. The van der Waals surface area contributed by atoms with E-state index in [1.54, 1.807) is 0 Å². The molecule has 2 rings (SSSR count). The maximum absolute atomic E-state index is 11.8. The van der Waals surface area contributed by atoms with Gasteiger partial charge >= 0.3 is 5.97 Å². The van der Waals surface area contributed by atoms with Crippen molar-refractivity contribution in [3.8, 4) is 0 Å². The summed E-state index contributed by atoms with van der Waals surface area (Å²) in [4.78, 5) is 11.8. The number of carbonyl (C=O) groups is 1. The van der Waals surface area contributed by atoms with Crippen molar-refractivity contribution in [1.82, 2.24) is 0 Å². The summed E-state index contributed by atoms with van der Waals surface area (Å²) in [5, 5.41) is 49.3. The molecule has 11 heteroatoms. The molecule has 0 bridgehead atoms. The molecule has 2 heterocycles. The standard InChI is InChI=1S/C13H22O11/c1-20-8-6(16)7(17)13(24-10(8)11(18)21-2)23-9-5(15)4(14)3-22-12(9)19/h4-10,12-17,19H,3H2,1-2H3/t4-,5+,6-,7-,8+,9-,10+,12?,13+/m1/s1. The third-order valence-electron chi connectivity index (χ3n) is 3.99. The molecule has 2 fully saturated rings. The van der Waals surface area contributed by atoms with Crippen LogP contribution in [-0.2, 0) is 28.5 Å². The van der Waals surface area contributed by atoms with Crippen LogP contribution in [0.25, 0.3) is 0 Å². The minimum absolute atomic E-state index is 0.310. The van der Waals surface area contributed by atoms with Crippen molar-refractivity contribution in [2.75, 3.05) is 20.8 Å². The van der Waals surface area contributed by atoms with Gasteiger partial charge in [0, 0.05) is 7.11 Å². The van der Waals surface area contributed by atoms with Crippen LogP contribution in [0.4, 0.5) is 0 Å². The molecule has 0 aromatic carbocycles. The van der Waals surface area contributed by atoms with E-state index in [2.05, 4.69) is 4.74 Å². The highest BCUT2D eigenvalue weighted by Gasteiger charge is 2.51. The summed E-state index contributed by atoms with van der Waals surface area (Å²) >= 11 is 0. The van der Waals surface area contributed by atoms with E-state index < -0.39 is 61.3 Å². The number of aliphatic hydroxyl groups is 5. The van der Waals surface area contributed by atoms with Gasteiger partial charge in [-0.25, -0.2) is 4.79 Å². The van der Waals surface area contributed by atoms with Crippen LogP contribution < -0.4 is 0 Å². The van der Waals surface area contributed by atoms with E-state index in [1.165, 1.54) is 7.11 Å². The van der Waals surface area contributed by atoms with Gasteiger partial charge in [0.1, 0.15) is 36.6 Å². The fourth-order valence-electron chi connectivity index (χ4n) is 2.60. The maximum atomic E-state index is 11.8. The van der Waals surface area contributed by atoms with E-state index >= 15 is 0 Å². The van der Waals surface area contributed by atoms with Gasteiger partial charge in [-0.1, -0.05) is 0 Å². The summed E-state index contributed by atoms with van der Waals surface area (Å²) < 4.78 is 24.8. The Bertz CT molecular complexity index is 432. The monoisotopic (exact) mass is 354 g/mol. The second-order valence-corrected chi connectivity index (χ2v) is 5.51. The molecular formula is C13H22O11. The lowest BCUT2D eigenvalue weighted by molar-refractivity contribution is -0.348. The zero-order valence-electron chi connectivity index (χ0n) is 13.1. The van der Waals surface area contributed by atoms with Crippen LogP contribution in [0.2, 0.25) is 0 Å². The average Bonchev–Trinajstić information content (AvgIpc) is 2.57. The molecule has 9 atom stereocenters. The Morgan fingerprint density at radius 2 is 1.67 bits per heavy atom. The number of carbonyl (C=O) groups excluding carboxylic acids is 1. The number of hydrogen-bond donors (Lipinski definition) is 5. The predicted octanol–water partition coefficient (Wildman–Crippen LogP) is -3.92. The molecule has 5 N–H and O–H groups in total. The third-order valence-corrected chi connectivity index (χ3v) is 3.99. The van der Waals surface area contributed by atoms with Crippen LogP contribution in [-0.4, -0.2) is 108 Å². The quantitative estimate of drug-likeness (QED) is 0.313. The van der Waals surface area contributed by atoms with Crippen molar-refractivity contribution in [2.45, 2.75) is 55.3 Å². The van der Waals surface area contributed by atoms with Crippen LogP contribution >= 0.6 is 0 Å². The maximum Gasteiger partial charge on any atom is 0.337 e. The van der Waals surface area contributed by atoms with E-state index in [0.717, 1.165) is 7.11 Å². The highest BCUT2D eigenvalue weighted by Crippen LogP contribution is 2.28. The SMILES string of the molecule is COC(=O)[C@H]1O[C@H](O[C@H]2C(O)OC[C@@H](O)[C@@H]2O)[C@H](O)[C@@H](O)[C@@H]1OC. The van der Waals surface area contributed by atoms with Gasteiger partial charge in [0.2, 0.25) is 0 Å². The molecule has 11 nitrogen and oxygen atoms in total. The summed E-state index contributed by atoms with van der Waals surface area (Å²) in [6, 6.07) is 0. The summed E-state index contributed by atoms with van der Waals surface area (Å²) in [5.41, 5.74) is 0. The van der Waals surface area contributed by atoms with Gasteiger partial charge in [-0.3, -0.25) is 0 Å². The molecule has 0 saturated carbocycles. The predicted molar refractivity (Wildman–Crippen MR) is 72.3 cm³/mol. The minimum atomic E-state index is -1.66. The van der Waals surface area contributed by atoms with Crippen molar-refractivity contribution in [1.29, 1.82) is 0 Å². The van der Waals surface area contributed by atoms with Gasteiger partial charge in [-0.15, -0.1) is 0 Å². The molecule has 140 valence electrons. The Hall–Kier alpha value is -0.890. The second kappa shape index (κ2) is 7.99. The molecule has 1 unspecified atom stereocenters. The fourth-order valence-corrected chi connectivity index (χ4v) is 2.60. The molecule has 0 aromatic rings. The molecule has 24 heavy (non-hydrogen) atoms. The summed E-state index contributed by atoms with van der Waals surface area (Å²) in [6.07, 6.45) is -13.4. The summed E-state index contributed by atoms with van der Waals surface area (Å²) in [5.74, 6) is -0.873. The zero-order valence-corrected chi connectivity index (χ0v) is 13.1. The van der Waals surface area contributed by atoms with Crippen LogP contribution in [0.1, 0.15) is 0 Å². The van der Waals surface area contributed by atoms with E-state index in [9.17, 15) is 30.3 Å². The number of rotatable bonds is 4. The topological polar surface area (TPSA) is 164 Å². The Labute approximate surface area is 137 Å². The van der Waals surface area contributed by atoms with Gasteiger partial charge < -0.3 is 49.2 Å². The molecule has 0 aromatic heterocycles. The second-order valence-electron chi connectivity index (χ2n) is 5.51. The number of hydrogen-bond acceptors (Lipinski definition) is 11. The van der Waals surface area contributed by atoms with Crippen molar-refractivity contribution < 1.29 is 54.0 Å². The first kappa shape index (κ1) is 19.4. The molecular weight excluding hydrogens is 332 g/mol. The minimum Gasteiger partial charge on any atom is -0.467 e. The van der Waals surface area contributed by atoms with Gasteiger partial charge in [0.25, 0.3) is 0 Å². The molecule has 0 amide bonds. The first-order valence-corrected chi connectivity index (χ1v) is 7.25. The molecule has 2 aliphatic heterocycles. The van der Waals surface area contributed by atoms with Gasteiger partial charge in [-0.2, -0.15) is 0 Å². The number of aliphatic hydroxyl groups excluding tert-OH is 5. The first-order chi connectivity index (χ1) is 11.3. The third kappa shape index (κ3) is 3.69.